The quantitative estimate of drug-likeness (QED) is 0.443. The summed E-state index contributed by atoms with van der Waals surface area (Å²) in [7, 11) is 0. The van der Waals surface area contributed by atoms with E-state index in [1.165, 1.54) is 0 Å². The summed E-state index contributed by atoms with van der Waals surface area (Å²) in [5.74, 6) is -0.666. The third kappa shape index (κ3) is 5.48. The van der Waals surface area contributed by atoms with Gasteiger partial charge in [-0.25, -0.2) is 5.43 Å². The minimum Gasteiger partial charge on any atom is -0.343 e. The van der Waals surface area contributed by atoms with Crippen LogP contribution in [0.15, 0.2) is 53.6 Å². The van der Waals surface area contributed by atoms with E-state index in [0.29, 0.717) is 5.56 Å². The lowest BCUT2D eigenvalue weighted by Crippen LogP contribution is -2.35. The summed E-state index contributed by atoms with van der Waals surface area (Å²) >= 11 is 2.08. The predicted octanol–water partition coefficient (Wildman–Crippen LogP) is 2.48. The summed E-state index contributed by atoms with van der Waals surface area (Å²) in [4.78, 5) is 23.6. The molecule has 0 aliphatic carbocycles. The van der Waals surface area contributed by atoms with Gasteiger partial charge in [-0.05, 0) is 47.2 Å². The molecule has 0 aliphatic rings. The number of amides is 2. The van der Waals surface area contributed by atoms with Crippen molar-refractivity contribution < 1.29 is 9.59 Å². The fourth-order valence-corrected chi connectivity index (χ4v) is 2.40. The van der Waals surface area contributed by atoms with Crippen LogP contribution in [-0.2, 0) is 4.79 Å². The van der Waals surface area contributed by atoms with Crippen LogP contribution in [0, 0.1) is 10.5 Å². The second-order valence-corrected chi connectivity index (χ2v) is 6.03. The Kier molecular flexibility index (Phi) is 6.28. The number of nitrogens with one attached hydrogen (secondary N) is 2. The minimum absolute atomic E-state index is 0.130. The molecular formula is C17H16IN3O2. The zero-order valence-corrected chi connectivity index (χ0v) is 14.7. The second kappa shape index (κ2) is 8.42. The smallest absolute Gasteiger partial charge is 0.259 e. The van der Waals surface area contributed by atoms with Crippen molar-refractivity contribution in [1.29, 1.82) is 0 Å². The molecule has 0 aromatic heterocycles. The molecule has 2 aromatic carbocycles. The van der Waals surface area contributed by atoms with Gasteiger partial charge in [0.25, 0.3) is 11.8 Å². The highest BCUT2D eigenvalue weighted by atomic mass is 127. The molecule has 0 atom stereocenters. The fourth-order valence-electron chi connectivity index (χ4n) is 1.77. The minimum atomic E-state index is -0.382. The molecular weight excluding hydrogens is 405 g/mol. The average molecular weight is 421 g/mol. The number of carbonyl (C=O) groups is 2. The molecule has 2 N–H and O–H groups in total. The maximum atomic E-state index is 12.0. The molecule has 2 aromatic rings. The fraction of sp³-hybridized carbons (Fsp3) is 0.118. The molecule has 0 fully saturated rings. The number of nitrogens with zero attached hydrogens (tertiary/aromatic N) is 1. The Morgan fingerprint density at radius 2 is 1.83 bits per heavy atom. The van der Waals surface area contributed by atoms with Gasteiger partial charge in [0.15, 0.2) is 0 Å². The largest absolute Gasteiger partial charge is 0.343 e. The number of rotatable bonds is 5. The van der Waals surface area contributed by atoms with E-state index < -0.39 is 0 Å². The SMILES string of the molecule is Cc1ccc(/C=N\NC(=O)CNC(=O)c2ccccc2I)cc1. The van der Waals surface area contributed by atoms with Crippen molar-refractivity contribution >= 4 is 40.6 Å². The van der Waals surface area contributed by atoms with Gasteiger partial charge in [-0.2, -0.15) is 5.10 Å². The van der Waals surface area contributed by atoms with Crippen molar-refractivity contribution in [1.82, 2.24) is 10.7 Å². The van der Waals surface area contributed by atoms with Crippen LogP contribution in [0.2, 0.25) is 0 Å². The molecule has 0 saturated carbocycles. The van der Waals surface area contributed by atoms with Gasteiger partial charge in [-0.15, -0.1) is 0 Å². The third-order valence-electron chi connectivity index (χ3n) is 3.01. The first-order valence-electron chi connectivity index (χ1n) is 6.97. The van der Waals surface area contributed by atoms with Gasteiger partial charge in [0.1, 0.15) is 0 Å². The summed E-state index contributed by atoms with van der Waals surface area (Å²) in [6.45, 7) is 1.87. The number of hydrogen-bond acceptors (Lipinski definition) is 3. The van der Waals surface area contributed by atoms with Crippen molar-refractivity contribution in [2.45, 2.75) is 6.92 Å². The molecule has 0 radical (unpaired) electrons. The number of aryl methyl sites for hydroxylation is 1. The van der Waals surface area contributed by atoms with Gasteiger partial charge < -0.3 is 5.32 Å². The Bertz CT molecular complexity index is 727. The average Bonchev–Trinajstić information content (AvgIpc) is 2.55. The van der Waals surface area contributed by atoms with Crippen LogP contribution in [0.3, 0.4) is 0 Å². The summed E-state index contributed by atoms with van der Waals surface area (Å²) in [6.07, 6.45) is 1.55. The first kappa shape index (κ1) is 17.1. The highest BCUT2D eigenvalue weighted by molar-refractivity contribution is 14.1. The lowest BCUT2D eigenvalue weighted by molar-refractivity contribution is -0.120. The molecule has 0 heterocycles. The van der Waals surface area contributed by atoms with E-state index >= 15 is 0 Å². The van der Waals surface area contributed by atoms with E-state index in [-0.39, 0.29) is 18.4 Å². The van der Waals surface area contributed by atoms with Crippen LogP contribution in [0.5, 0.6) is 0 Å². The maximum absolute atomic E-state index is 12.0. The van der Waals surface area contributed by atoms with E-state index in [9.17, 15) is 9.59 Å². The van der Waals surface area contributed by atoms with E-state index in [4.69, 9.17) is 0 Å². The zero-order chi connectivity index (χ0) is 16.7. The van der Waals surface area contributed by atoms with Gasteiger partial charge in [-0.3, -0.25) is 9.59 Å². The highest BCUT2D eigenvalue weighted by Gasteiger charge is 2.10. The number of hydrogen-bond donors (Lipinski definition) is 2. The van der Waals surface area contributed by atoms with Crippen molar-refractivity contribution in [3.8, 4) is 0 Å². The van der Waals surface area contributed by atoms with Crippen LogP contribution in [-0.4, -0.2) is 24.6 Å². The molecule has 0 unspecified atom stereocenters. The van der Waals surface area contributed by atoms with Crippen molar-refractivity contribution in [2.75, 3.05) is 6.54 Å². The molecule has 6 heteroatoms. The molecule has 0 bridgehead atoms. The maximum Gasteiger partial charge on any atom is 0.259 e. The molecule has 118 valence electrons. The Balaban J connectivity index is 1.80. The third-order valence-corrected chi connectivity index (χ3v) is 3.95. The monoisotopic (exact) mass is 421 g/mol. The summed E-state index contributed by atoms with van der Waals surface area (Å²) in [5.41, 5.74) is 4.97. The summed E-state index contributed by atoms with van der Waals surface area (Å²) in [6, 6.07) is 14.9. The number of carbonyl (C=O) groups excluding carboxylic acids is 2. The molecule has 0 saturated heterocycles. The number of hydrazone groups is 1. The van der Waals surface area contributed by atoms with Crippen LogP contribution in [0.1, 0.15) is 21.5 Å². The van der Waals surface area contributed by atoms with E-state index in [1.807, 2.05) is 43.3 Å². The van der Waals surface area contributed by atoms with Crippen LogP contribution in [0.4, 0.5) is 0 Å². The molecule has 5 nitrogen and oxygen atoms in total. The Hall–Kier alpha value is -2.22. The summed E-state index contributed by atoms with van der Waals surface area (Å²) in [5, 5.41) is 6.43. The lowest BCUT2D eigenvalue weighted by atomic mass is 10.2. The Morgan fingerprint density at radius 1 is 1.13 bits per heavy atom. The Morgan fingerprint density at radius 3 is 2.52 bits per heavy atom. The van der Waals surface area contributed by atoms with E-state index in [1.54, 1.807) is 18.3 Å². The van der Waals surface area contributed by atoms with Crippen LogP contribution >= 0.6 is 22.6 Å². The molecule has 23 heavy (non-hydrogen) atoms. The first-order chi connectivity index (χ1) is 11.1. The first-order valence-corrected chi connectivity index (χ1v) is 8.05. The zero-order valence-electron chi connectivity index (χ0n) is 12.5. The van der Waals surface area contributed by atoms with Gasteiger partial charge in [0.2, 0.25) is 0 Å². The summed E-state index contributed by atoms with van der Waals surface area (Å²) < 4.78 is 0.834. The van der Waals surface area contributed by atoms with Gasteiger partial charge in [0, 0.05) is 3.57 Å². The van der Waals surface area contributed by atoms with Crippen molar-refractivity contribution in [2.24, 2.45) is 5.10 Å². The van der Waals surface area contributed by atoms with Crippen LogP contribution in [0.25, 0.3) is 0 Å². The highest BCUT2D eigenvalue weighted by Crippen LogP contribution is 2.10. The molecule has 0 spiro atoms. The van der Waals surface area contributed by atoms with Crippen LogP contribution < -0.4 is 10.7 Å². The van der Waals surface area contributed by atoms with Gasteiger partial charge in [0.05, 0.1) is 18.3 Å². The van der Waals surface area contributed by atoms with E-state index in [0.717, 1.165) is 14.7 Å². The normalized spacial score (nSPS) is 10.5. The lowest BCUT2D eigenvalue weighted by Gasteiger charge is -2.05. The van der Waals surface area contributed by atoms with Crippen molar-refractivity contribution in [3.05, 3.63) is 68.8 Å². The van der Waals surface area contributed by atoms with Gasteiger partial charge >= 0.3 is 0 Å². The predicted molar refractivity (Wildman–Crippen MR) is 98.4 cm³/mol. The molecule has 2 rings (SSSR count). The standard InChI is InChI=1S/C17H16IN3O2/c1-12-6-8-13(9-7-12)10-20-21-16(22)11-19-17(23)14-4-2-3-5-15(14)18/h2-10H,11H2,1H3,(H,19,23)(H,21,22)/b20-10-. The second-order valence-electron chi connectivity index (χ2n) is 4.87. The topological polar surface area (TPSA) is 70.6 Å². The molecule has 0 aliphatic heterocycles. The number of benzene rings is 2. The number of halogens is 1. The van der Waals surface area contributed by atoms with Crippen molar-refractivity contribution in [3.63, 3.8) is 0 Å². The Labute approximate surface area is 148 Å². The van der Waals surface area contributed by atoms with E-state index in [2.05, 4.69) is 38.4 Å². The van der Waals surface area contributed by atoms with Gasteiger partial charge in [-0.1, -0.05) is 42.0 Å². The molecule has 2 amide bonds.